The van der Waals surface area contributed by atoms with Crippen LogP contribution in [0.15, 0.2) is 0 Å². The first-order chi connectivity index (χ1) is 6.52. The van der Waals surface area contributed by atoms with Crippen LogP contribution in [0, 0.1) is 0 Å². The second-order valence-corrected chi connectivity index (χ2v) is 4.27. The molecule has 0 saturated carbocycles. The number of hydrogen-bond donors (Lipinski definition) is 1. The lowest BCUT2D eigenvalue weighted by atomic mass is 10.0. The van der Waals surface area contributed by atoms with Gasteiger partial charge in [0, 0.05) is 13.1 Å². The van der Waals surface area contributed by atoms with Gasteiger partial charge >= 0.3 is 0 Å². The van der Waals surface area contributed by atoms with Crippen molar-refractivity contribution >= 4 is 5.91 Å². The molecule has 1 atom stereocenters. The van der Waals surface area contributed by atoms with Crippen molar-refractivity contribution in [1.82, 2.24) is 9.80 Å². The molecule has 0 aromatic heterocycles. The minimum atomic E-state index is -0.375. The summed E-state index contributed by atoms with van der Waals surface area (Å²) in [6.07, 6.45) is 2.12. The third-order valence-corrected chi connectivity index (χ3v) is 2.97. The molecular formula is C10H21N3O. The highest BCUT2D eigenvalue weighted by Crippen LogP contribution is 2.14. The molecule has 1 aliphatic rings. The SMILES string of the molecule is C[C@H](N)C(=O)N(C)C1CCN(C)CC1. The Morgan fingerprint density at radius 1 is 1.50 bits per heavy atom. The third kappa shape index (κ3) is 2.69. The molecule has 2 N–H and O–H groups in total. The predicted octanol–water partition coefficient (Wildman–Crippen LogP) is -0.114. The molecule has 1 amide bonds. The summed E-state index contributed by atoms with van der Waals surface area (Å²) >= 11 is 0. The smallest absolute Gasteiger partial charge is 0.239 e. The van der Waals surface area contributed by atoms with E-state index in [0.29, 0.717) is 6.04 Å². The molecule has 4 nitrogen and oxygen atoms in total. The van der Waals surface area contributed by atoms with Gasteiger partial charge in [0.2, 0.25) is 5.91 Å². The van der Waals surface area contributed by atoms with Gasteiger partial charge in [-0.15, -0.1) is 0 Å². The van der Waals surface area contributed by atoms with Gasteiger partial charge in [-0.25, -0.2) is 0 Å². The normalized spacial score (nSPS) is 22.0. The minimum Gasteiger partial charge on any atom is -0.341 e. The Bertz CT molecular complexity index is 198. The van der Waals surface area contributed by atoms with Crippen LogP contribution in [0.25, 0.3) is 0 Å². The van der Waals surface area contributed by atoms with Gasteiger partial charge in [-0.05, 0) is 39.9 Å². The van der Waals surface area contributed by atoms with E-state index in [2.05, 4.69) is 11.9 Å². The highest BCUT2D eigenvalue weighted by Gasteiger charge is 2.25. The van der Waals surface area contributed by atoms with Gasteiger partial charge in [0.15, 0.2) is 0 Å². The zero-order chi connectivity index (χ0) is 10.7. The van der Waals surface area contributed by atoms with Crippen molar-refractivity contribution in [2.24, 2.45) is 5.73 Å². The minimum absolute atomic E-state index is 0.0551. The van der Waals surface area contributed by atoms with E-state index in [-0.39, 0.29) is 11.9 Å². The van der Waals surface area contributed by atoms with Crippen molar-refractivity contribution in [2.45, 2.75) is 31.8 Å². The second kappa shape index (κ2) is 4.75. The van der Waals surface area contributed by atoms with E-state index in [4.69, 9.17) is 5.73 Å². The van der Waals surface area contributed by atoms with Gasteiger partial charge in [-0.3, -0.25) is 4.79 Å². The summed E-state index contributed by atoms with van der Waals surface area (Å²) in [7, 11) is 3.98. The molecule has 1 heterocycles. The largest absolute Gasteiger partial charge is 0.341 e. The highest BCUT2D eigenvalue weighted by molar-refractivity contribution is 5.81. The molecule has 0 aliphatic carbocycles. The average molecular weight is 199 g/mol. The van der Waals surface area contributed by atoms with Gasteiger partial charge < -0.3 is 15.5 Å². The lowest BCUT2D eigenvalue weighted by Crippen LogP contribution is -2.49. The number of carbonyl (C=O) groups is 1. The molecule has 1 rings (SSSR count). The third-order valence-electron chi connectivity index (χ3n) is 2.97. The van der Waals surface area contributed by atoms with E-state index in [1.165, 1.54) is 0 Å². The Labute approximate surface area is 86.0 Å². The Balaban J connectivity index is 2.45. The number of nitrogens with zero attached hydrogens (tertiary/aromatic N) is 2. The van der Waals surface area contributed by atoms with Crippen molar-refractivity contribution in [2.75, 3.05) is 27.2 Å². The van der Waals surface area contributed by atoms with Crippen molar-refractivity contribution in [3.8, 4) is 0 Å². The number of rotatable bonds is 2. The Hall–Kier alpha value is -0.610. The summed E-state index contributed by atoms with van der Waals surface area (Å²) in [5.74, 6) is 0.0551. The molecular weight excluding hydrogens is 178 g/mol. The fourth-order valence-corrected chi connectivity index (χ4v) is 1.88. The first-order valence-electron chi connectivity index (χ1n) is 5.23. The number of hydrogen-bond acceptors (Lipinski definition) is 3. The lowest BCUT2D eigenvalue weighted by molar-refractivity contribution is -0.133. The molecule has 1 aliphatic heterocycles. The van der Waals surface area contributed by atoms with Crippen LogP contribution in [-0.2, 0) is 4.79 Å². The van der Waals surface area contributed by atoms with Gasteiger partial charge in [-0.2, -0.15) is 0 Å². The number of carbonyl (C=O) groups excluding carboxylic acids is 1. The van der Waals surface area contributed by atoms with Crippen LogP contribution >= 0.6 is 0 Å². The van der Waals surface area contributed by atoms with Crippen LogP contribution in [0.5, 0.6) is 0 Å². The van der Waals surface area contributed by atoms with Crippen LogP contribution < -0.4 is 5.73 Å². The summed E-state index contributed by atoms with van der Waals surface area (Å²) in [6.45, 7) is 3.89. The fraction of sp³-hybridized carbons (Fsp3) is 0.900. The molecule has 4 heteroatoms. The molecule has 0 unspecified atom stereocenters. The molecule has 0 radical (unpaired) electrons. The van der Waals surface area contributed by atoms with Crippen LogP contribution in [0.3, 0.4) is 0 Å². The van der Waals surface area contributed by atoms with Gasteiger partial charge in [0.1, 0.15) is 0 Å². The van der Waals surface area contributed by atoms with Crippen LogP contribution in [0.1, 0.15) is 19.8 Å². The Morgan fingerprint density at radius 3 is 2.43 bits per heavy atom. The maximum absolute atomic E-state index is 11.6. The van der Waals surface area contributed by atoms with Crippen molar-refractivity contribution < 1.29 is 4.79 Å². The number of likely N-dealkylation sites (tertiary alicyclic amines) is 1. The number of piperidine rings is 1. The van der Waals surface area contributed by atoms with E-state index >= 15 is 0 Å². The summed E-state index contributed by atoms with van der Waals surface area (Å²) in [5, 5.41) is 0. The van der Waals surface area contributed by atoms with E-state index in [9.17, 15) is 4.79 Å². The van der Waals surface area contributed by atoms with E-state index in [1.807, 2.05) is 11.9 Å². The predicted molar refractivity (Wildman–Crippen MR) is 56.9 cm³/mol. The monoisotopic (exact) mass is 199 g/mol. The summed E-state index contributed by atoms with van der Waals surface area (Å²) in [4.78, 5) is 15.7. The second-order valence-electron chi connectivity index (χ2n) is 4.27. The molecule has 0 aromatic rings. The average Bonchev–Trinajstić information content (AvgIpc) is 2.16. The number of likely N-dealkylation sites (N-methyl/N-ethyl adjacent to an activating group) is 1. The van der Waals surface area contributed by atoms with Crippen LogP contribution in [0.2, 0.25) is 0 Å². The number of amides is 1. The molecule has 1 fully saturated rings. The summed E-state index contributed by atoms with van der Waals surface area (Å²) < 4.78 is 0. The molecule has 0 bridgehead atoms. The highest BCUT2D eigenvalue weighted by atomic mass is 16.2. The first-order valence-corrected chi connectivity index (χ1v) is 5.23. The Kier molecular flexibility index (Phi) is 3.89. The molecule has 0 aromatic carbocycles. The Morgan fingerprint density at radius 2 is 2.00 bits per heavy atom. The maximum Gasteiger partial charge on any atom is 0.239 e. The van der Waals surface area contributed by atoms with Gasteiger partial charge in [-0.1, -0.05) is 0 Å². The fourth-order valence-electron chi connectivity index (χ4n) is 1.88. The molecule has 14 heavy (non-hydrogen) atoms. The van der Waals surface area contributed by atoms with Gasteiger partial charge in [0.05, 0.1) is 6.04 Å². The molecule has 82 valence electrons. The van der Waals surface area contributed by atoms with Gasteiger partial charge in [0.25, 0.3) is 0 Å². The summed E-state index contributed by atoms with van der Waals surface area (Å²) in [6, 6.07) is 0.00403. The summed E-state index contributed by atoms with van der Waals surface area (Å²) in [5.41, 5.74) is 5.57. The number of nitrogens with two attached hydrogens (primary N) is 1. The zero-order valence-corrected chi connectivity index (χ0v) is 9.36. The van der Waals surface area contributed by atoms with Crippen molar-refractivity contribution in [3.05, 3.63) is 0 Å². The zero-order valence-electron chi connectivity index (χ0n) is 9.36. The molecule has 1 saturated heterocycles. The standard InChI is InChI=1S/C10H21N3O/c1-8(11)10(14)13(3)9-4-6-12(2)7-5-9/h8-9H,4-7,11H2,1-3H3/t8-/m0/s1. The van der Waals surface area contributed by atoms with E-state index in [1.54, 1.807) is 6.92 Å². The van der Waals surface area contributed by atoms with Crippen molar-refractivity contribution in [1.29, 1.82) is 0 Å². The van der Waals surface area contributed by atoms with Crippen molar-refractivity contribution in [3.63, 3.8) is 0 Å². The molecule has 0 spiro atoms. The quantitative estimate of drug-likeness (QED) is 0.675. The first kappa shape index (κ1) is 11.5. The maximum atomic E-state index is 11.6. The van der Waals surface area contributed by atoms with E-state index < -0.39 is 0 Å². The lowest BCUT2D eigenvalue weighted by Gasteiger charge is -2.35. The van der Waals surface area contributed by atoms with Crippen LogP contribution in [-0.4, -0.2) is 55.0 Å². The van der Waals surface area contributed by atoms with E-state index in [0.717, 1.165) is 25.9 Å². The topological polar surface area (TPSA) is 49.6 Å². The van der Waals surface area contributed by atoms with Crippen LogP contribution in [0.4, 0.5) is 0 Å².